The molecule has 0 saturated carbocycles. The molecule has 2 atom stereocenters. The minimum Gasteiger partial charge on any atom is -0.384 e. The SMILES string of the molecule is C[C@@H]1CCC[C@H](C)N1Cc1ccc(C#CCO)s1. The number of hydrogen-bond donors (Lipinski definition) is 1. The molecule has 1 aromatic rings. The highest BCUT2D eigenvalue weighted by molar-refractivity contribution is 7.12. The van der Waals surface area contributed by atoms with Crippen molar-refractivity contribution in [2.75, 3.05) is 6.61 Å². The Bertz CT molecular complexity index is 433. The molecule has 0 aromatic carbocycles. The van der Waals surface area contributed by atoms with Gasteiger partial charge in [0.1, 0.15) is 6.61 Å². The van der Waals surface area contributed by atoms with E-state index in [4.69, 9.17) is 5.11 Å². The number of thiophene rings is 1. The molecule has 0 bridgehead atoms. The highest BCUT2D eigenvalue weighted by Crippen LogP contribution is 2.26. The van der Waals surface area contributed by atoms with Crippen LogP contribution < -0.4 is 0 Å². The maximum absolute atomic E-state index is 8.69. The zero-order valence-electron chi connectivity index (χ0n) is 11.1. The zero-order valence-corrected chi connectivity index (χ0v) is 12.0. The lowest BCUT2D eigenvalue weighted by Gasteiger charge is -2.38. The zero-order chi connectivity index (χ0) is 13.0. The Balaban J connectivity index is 2.01. The molecule has 1 aromatic heterocycles. The maximum atomic E-state index is 8.69. The number of likely N-dealkylation sites (tertiary alicyclic amines) is 1. The Labute approximate surface area is 114 Å². The lowest BCUT2D eigenvalue weighted by atomic mass is 9.97. The fourth-order valence-corrected chi connectivity index (χ4v) is 3.51. The van der Waals surface area contributed by atoms with Crippen LogP contribution in [0.25, 0.3) is 0 Å². The highest BCUT2D eigenvalue weighted by atomic mass is 32.1. The van der Waals surface area contributed by atoms with Crippen LogP contribution in [0.3, 0.4) is 0 Å². The van der Waals surface area contributed by atoms with E-state index in [2.05, 4.69) is 42.7 Å². The van der Waals surface area contributed by atoms with Crippen LogP contribution in [0.5, 0.6) is 0 Å². The van der Waals surface area contributed by atoms with Crippen LogP contribution in [0.2, 0.25) is 0 Å². The van der Waals surface area contributed by atoms with Crippen LogP contribution in [0.4, 0.5) is 0 Å². The predicted octanol–water partition coefficient (Wildman–Crippen LogP) is 2.85. The fourth-order valence-electron chi connectivity index (χ4n) is 2.62. The molecule has 98 valence electrons. The lowest BCUT2D eigenvalue weighted by molar-refractivity contribution is 0.0964. The van der Waals surface area contributed by atoms with E-state index in [1.807, 2.05) is 0 Å². The van der Waals surface area contributed by atoms with Gasteiger partial charge in [0.05, 0.1) is 4.88 Å². The summed E-state index contributed by atoms with van der Waals surface area (Å²) in [4.78, 5) is 5.02. The molecule has 18 heavy (non-hydrogen) atoms. The normalized spacial score (nSPS) is 24.6. The second kappa shape index (κ2) is 6.38. The molecule has 0 amide bonds. The van der Waals surface area contributed by atoms with Crippen LogP contribution in [-0.2, 0) is 6.54 Å². The second-order valence-electron chi connectivity index (χ2n) is 5.03. The Morgan fingerprint density at radius 3 is 2.72 bits per heavy atom. The summed E-state index contributed by atoms with van der Waals surface area (Å²) >= 11 is 1.74. The van der Waals surface area contributed by atoms with E-state index >= 15 is 0 Å². The Morgan fingerprint density at radius 1 is 1.33 bits per heavy atom. The van der Waals surface area contributed by atoms with Gasteiger partial charge in [-0.15, -0.1) is 11.3 Å². The molecular formula is C15H21NOS. The number of piperidine rings is 1. The molecule has 3 heteroatoms. The first-order valence-electron chi connectivity index (χ1n) is 6.65. The van der Waals surface area contributed by atoms with E-state index < -0.39 is 0 Å². The van der Waals surface area contributed by atoms with Crippen molar-refractivity contribution in [3.8, 4) is 11.8 Å². The first kappa shape index (κ1) is 13.6. The highest BCUT2D eigenvalue weighted by Gasteiger charge is 2.24. The molecule has 0 aliphatic carbocycles. The largest absolute Gasteiger partial charge is 0.384 e. The number of aliphatic hydroxyl groups excluding tert-OH is 1. The second-order valence-corrected chi connectivity index (χ2v) is 6.20. The number of hydrogen-bond acceptors (Lipinski definition) is 3. The summed E-state index contributed by atoms with van der Waals surface area (Å²) in [6, 6.07) is 5.59. The summed E-state index contributed by atoms with van der Waals surface area (Å²) in [5, 5.41) is 8.69. The topological polar surface area (TPSA) is 23.5 Å². The molecule has 1 aliphatic heterocycles. The molecule has 0 unspecified atom stereocenters. The Morgan fingerprint density at radius 2 is 2.06 bits per heavy atom. The van der Waals surface area contributed by atoms with Crippen LogP contribution in [0.15, 0.2) is 12.1 Å². The van der Waals surface area contributed by atoms with E-state index in [1.165, 1.54) is 24.1 Å². The van der Waals surface area contributed by atoms with E-state index in [9.17, 15) is 0 Å². The molecule has 2 rings (SSSR count). The van der Waals surface area contributed by atoms with Gasteiger partial charge >= 0.3 is 0 Å². The first-order valence-corrected chi connectivity index (χ1v) is 7.46. The maximum Gasteiger partial charge on any atom is 0.104 e. The summed E-state index contributed by atoms with van der Waals surface area (Å²) in [5.41, 5.74) is 0. The van der Waals surface area contributed by atoms with Crippen molar-refractivity contribution in [1.29, 1.82) is 0 Å². The van der Waals surface area contributed by atoms with Crippen molar-refractivity contribution < 1.29 is 5.11 Å². The van der Waals surface area contributed by atoms with Gasteiger partial charge in [0, 0.05) is 23.5 Å². The standard InChI is InChI=1S/C15H21NOS/c1-12-5-3-6-13(2)16(12)11-15-9-8-14(18-15)7-4-10-17/h8-9,12-13,17H,3,5-6,10-11H2,1-2H3/t12-,13+. The predicted molar refractivity (Wildman–Crippen MR) is 76.6 cm³/mol. The third kappa shape index (κ3) is 3.35. The van der Waals surface area contributed by atoms with Crippen molar-refractivity contribution in [3.63, 3.8) is 0 Å². The summed E-state index contributed by atoms with van der Waals surface area (Å²) in [7, 11) is 0. The van der Waals surface area contributed by atoms with Crippen LogP contribution in [0.1, 0.15) is 42.9 Å². The summed E-state index contributed by atoms with van der Waals surface area (Å²) in [6.07, 6.45) is 3.98. The molecular weight excluding hydrogens is 242 g/mol. The van der Waals surface area contributed by atoms with Gasteiger partial charge in [-0.3, -0.25) is 4.90 Å². The molecule has 1 fully saturated rings. The van der Waals surface area contributed by atoms with Crippen molar-refractivity contribution in [1.82, 2.24) is 4.90 Å². The average Bonchev–Trinajstić information content (AvgIpc) is 2.79. The molecule has 1 aliphatic rings. The van der Waals surface area contributed by atoms with Crippen molar-refractivity contribution in [3.05, 3.63) is 21.9 Å². The Hall–Kier alpha value is -0.820. The van der Waals surface area contributed by atoms with Gasteiger partial charge in [0.2, 0.25) is 0 Å². The van der Waals surface area contributed by atoms with Crippen molar-refractivity contribution in [2.45, 2.75) is 51.7 Å². The molecule has 2 heterocycles. The van der Waals surface area contributed by atoms with E-state index in [0.717, 1.165) is 11.4 Å². The van der Waals surface area contributed by atoms with Gasteiger partial charge < -0.3 is 5.11 Å². The Kier molecular flexibility index (Phi) is 4.82. The van der Waals surface area contributed by atoms with E-state index in [1.54, 1.807) is 11.3 Å². The van der Waals surface area contributed by atoms with Gasteiger partial charge in [-0.1, -0.05) is 18.3 Å². The fraction of sp³-hybridized carbons (Fsp3) is 0.600. The van der Waals surface area contributed by atoms with Crippen LogP contribution >= 0.6 is 11.3 Å². The van der Waals surface area contributed by atoms with Gasteiger partial charge in [-0.25, -0.2) is 0 Å². The van der Waals surface area contributed by atoms with Gasteiger partial charge in [-0.05, 0) is 38.8 Å². The number of rotatable bonds is 2. The molecule has 2 nitrogen and oxygen atoms in total. The van der Waals surface area contributed by atoms with Crippen molar-refractivity contribution >= 4 is 11.3 Å². The first-order chi connectivity index (χ1) is 8.70. The number of nitrogens with zero attached hydrogens (tertiary/aromatic N) is 1. The smallest absolute Gasteiger partial charge is 0.104 e. The van der Waals surface area contributed by atoms with Gasteiger partial charge in [0.25, 0.3) is 0 Å². The van der Waals surface area contributed by atoms with Crippen LogP contribution in [0, 0.1) is 11.8 Å². The third-order valence-electron chi connectivity index (χ3n) is 3.67. The molecule has 1 saturated heterocycles. The molecule has 1 N–H and O–H groups in total. The molecule has 0 spiro atoms. The average molecular weight is 263 g/mol. The monoisotopic (exact) mass is 263 g/mol. The van der Waals surface area contributed by atoms with Crippen molar-refractivity contribution in [2.24, 2.45) is 0 Å². The van der Waals surface area contributed by atoms with Gasteiger partial charge in [-0.2, -0.15) is 0 Å². The minimum absolute atomic E-state index is 0.0621. The molecule has 0 radical (unpaired) electrons. The third-order valence-corrected chi connectivity index (χ3v) is 4.65. The van der Waals surface area contributed by atoms with E-state index in [-0.39, 0.29) is 6.61 Å². The lowest BCUT2D eigenvalue weighted by Crippen LogP contribution is -2.42. The summed E-state index contributed by atoms with van der Waals surface area (Å²) in [6.45, 7) is 5.63. The minimum atomic E-state index is -0.0621. The summed E-state index contributed by atoms with van der Waals surface area (Å²) < 4.78 is 0. The van der Waals surface area contributed by atoms with Crippen LogP contribution in [-0.4, -0.2) is 28.7 Å². The summed E-state index contributed by atoms with van der Waals surface area (Å²) in [5.74, 6) is 5.68. The quantitative estimate of drug-likeness (QED) is 0.829. The number of aliphatic hydroxyl groups is 1. The van der Waals surface area contributed by atoms with Gasteiger partial charge in [0.15, 0.2) is 0 Å². The van der Waals surface area contributed by atoms with E-state index in [0.29, 0.717) is 12.1 Å².